The second-order valence-electron chi connectivity index (χ2n) is 3.25. The first-order valence-corrected chi connectivity index (χ1v) is 5.59. The van der Waals surface area contributed by atoms with Crippen LogP contribution in [0, 0.1) is 0 Å². The van der Waals surface area contributed by atoms with Crippen LogP contribution in [-0.4, -0.2) is 32.0 Å². The van der Waals surface area contributed by atoms with Gasteiger partial charge in [0.1, 0.15) is 0 Å². The van der Waals surface area contributed by atoms with Gasteiger partial charge in [0.15, 0.2) is 9.84 Å². The molecular weight excluding hydrogens is 162 g/mol. The molecule has 0 bridgehead atoms. The quantitative estimate of drug-likeness (QED) is 0.654. The van der Waals surface area contributed by atoms with Gasteiger partial charge in [-0.1, -0.05) is 0 Å². The van der Waals surface area contributed by atoms with E-state index in [2.05, 4.69) is 5.32 Å². The molecule has 1 N–H and O–H groups in total. The number of rotatable bonds is 2. The van der Waals surface area contributed by atoms with Gasteiger partial charge in [0.05, 0.1) is 10.5 Å². The summed E-state index contributed by atoms with van der Waals surface area (Å²) in [5, 5.41) is 2.69. The van der Waals surface area contributed by atoms with Crippen molar-refractivity contribution < 1.29 is 8.42 Å². The third-order valence-electron chi connectivity index (χ3n) is 2.14. The monoisotopic (exact) mass is 177 g/mol. The summed E-state index contributed by atoms with van der Waals surface area (Å²) in [5.41, 5.74) is 0. The summed E-state index contributed by atoms with van der Waals surface area (Å²) in [6, 6.07) is 0. The molecule has 0 amide bonds. The molecule has 0 aromatic carbocycles. The molecule has 1 saturated heterocycles. The molecule has 0 aromatic heterocycles. The van der Waals surface area contributed by atoms with Crippen LogP contribution in [0.25, 0.3) is 0 Å². The minimum absolute atomic E-state index is 0.137. The molecular formula is C7H15NO2S. The second-order valence-corrected chi connectivity index (χ2v) is 6.04. The Balaban J connectivity index is 2.72. The van der Waals surface area contributed by atoms with E-state index in [4.69, 9.17) is 0 Å². The van der Waals surface area contributed by atoms with Crippen LogP contribution in [0.15, 0.2) is 0 Å². The highest BCUT2D eigenvalue weighted by molar-refractivity contribution is 7.92. The Bertz CT molecular complexity index is 215. The molecule has 4 heteroatoms. The van der Waals surface area contributed by atoms with Crippen molar-refractivity contribution in [3.63, 3.8) is 0 Å². The summed E-state index contributed by atoms with van der Waals surface area (Å²) in [4.78, 5) is 0. The van der Waals surface area contributed by atoms with Crippen LogP contribution < -0.4 is 5.32 Å². The molecule has 1 heterocycles. The fourth-order valence-corrected chi connectivity index (χ4v) is 2.86. The Kier molecular flexibility index (Phi) is 2.54. The molecule has 0 unspecified atom stereocenters. The molecule has 0 aromatic rings. The molecule has 0 spiro atoms. The summed E-state index contributed by atoms with van der Waals surface area (Å²) in [6.07, 6.45) is 0.778. The lowest BCUT2D eigenvalue weighted by molar-refractivity contribution is 0.574. The molecule has 1 atom stereocenters. The zero-order valence-corrected chi connectivity index (χ0v) is 7.82. The molecule has 1 aliphatic heterocycles. The van der Waals surface area contributed by atoms with E-state index in [1.807, 2.05) is 0 Å². The summed E-state index contributed by atoms with van der Waals surface area (Å²) in [5.74, 6) is 0. The number of sulfone groups is 1. The van der Waals surface area contributed by atoms with Crippen molar-refractivity contribution >= 4 is 9.84 Å². The Morgan fingerprint density at radius 2 is 2.09 bits per heavy atom. The summed E-state index contributed by atoms with van der Waals surface area (Å²) in [6.45, 7) is 4.97. The minimum atomic E-state index is -2.84. The van der Waals surface area contributed by atoms with Crippen LogP contribution in [-0.2, 0) is 9.84 Å². The fourth-order valence-electron chi connectivity index (χ4n) is 1.29. The van der Waals surface area contributed by atoms with E-state index in [1.165, 1.54) is 0 Å². The first-order chi connectivity index (χ1) is 5.05. The van der Waals surface area contributed by atoms with Gasteiger partial charge in [0.2, 0.25) is 0 Å². The average Bonchev–Trinajstić information content (AvgIpc) is 2.37. The summed E-state index contributed by atoms with van der Waals surface area (Å²) >= 11 is 0. The topological polar surface area (TPSA) is 46.2 Å². The standard InChI is InChI=1S/C7H15NO2S/c1-6(2)11(9,10)7-3-4-8-5-7/h6-8H,3-5H2,1-2H3/t7-/m1/s1. The van der Waals surface area contributed by atoms with Gasteiger partial charge in [-0.3, -0.25) is 0 Å². The maximum absolute atomic E-state index is 11.5. The van der Waals surface area contributed by atoms with E-state index in [0.717, 1.165) is 13.0 Å². The van der Waals surface area contributed by atoms with Gasteiger partial charge in [-0.05, 0) is 26.8 Å². The van der Waals surface area contributed by atoms with Gasteiger partial charge in [0, 0.05) is 6.54 Å². The fraction of sp³-hybridized carbons (Fsp3) is 1.00. The lowest BCUT2D eigenvalue weighted by Gasteiger charge is -2.12. The predicted molar refractivity (Wildman–Crippen MR) is 45.3 cm³/mol. The Labute approximate surface area is 68.1 Å². The molecule has 0 aliphatic carbocycles. The van der Waals surface area contributed by atoms with Crippen LogP contribution in [0.1, 0.15) is 20.3 Å². The van der Waals surface area contributed by atoms with Crippen molar-refractivity contribution in [1.82, 2.24) is 5.32 Å². The highest BCUT2D eigenvalue weighted by Gasteiger charge is 2.30. The van der Waals surface area contributed by atoms with Gasteiger partial charge in [0.25, 0.3) is 0 Å². The van der Waals surface area contributed by atoms with Crippen molar-refractivity contribution in [3.05, 3.63) is 0 Å². The van der Waals surface area contributed by atoms with Gasteiger partial charge in [-0.25, -0.2) is 8.42 Å². The first-order valence-electron chi connectivity index (χ1n) is 3.98. The predicted octanol–water partition coefficient (Wildman–Crippen LogP) is 0.172. The molecule has 11 heavy (non-hydrogen) atoms. The van der Waals surface area contributed by atoms with E-state index in [9.17, 15) is 8.42 Å². The van der Waals surface area contributed by atoms with Gasteiger partial charge < -0.3 is 5.32 Å². The average molecular weight is 177 g/mol. The number of nitrogens with one attached hydrogen (secondary N) is 1. The molecule has 3 nitrogen and oxygen atoms in total. The summed E-state index contributed by atoms with van der Waals surface area (Å²) < 4.78 is 23.0. The smallest absolute Gasteiger partial charge is 0.156 e. The molecule has 0 radical (unpaired) electrons. The van der Waals surface area contributed by atoms with Gasteiger partial charge in [-0.2, -0.15) is 0 Å². The lowest BCUT2D eigenvalue weighted by Crippen LogP contribution is -2.30. The van der Waals surface area contributed by atoms with Gasteiger partial charge >= 0.3 is 0 Å². The Morgan fingerprint density at radius 3 is 2.45 bits per heavy atom. The van der Waals surface area contributed by atoms with Crippen molar-refractivity contribution in [2.45, 2.75) is 30.8 Å². The molecule has 1 rings (SSSR count). The van der Waals surface area contributed by atoms with E-state index < -0.39 is 9.84 Å². The highest BCUT2D eigenvalue weighted by Crippen LogP contribution is 2.14. The number of hydrogen-bond acceptors (Lipinski definition) is 3. The first kappa shape index (κ1) is 9.00. The van der Waals surface area contributed by atoms with Crippen molar-refractivity contribution in [2.75, 3.05) is 13.1 Å². The van der Waals surface area contributed by atoms with Gasteiger partial charge in [-0.15, -0.1) is 0 Å². The van der Waals surface area contributed by atoms with E-state index >= 15 is 0 Å². The zero-order chi connectivity index (χ0) is 8.48. The molecule has 0 saturated carbocycles. The normalized spacial score (nSPS) is 26.3. The molecule has 66 valence electrons. The third kappa shape index (κ3) is 1.73. The minimum Gasteiger partial charge on any atom is -0.315 e. The van der Waals surface area contributed by atoms with Crippen LogP contribution in [0.4, 0.5) is 0 Å². The van der Waals surface area contributed by atoms with Crippen LogP contribution in [0.2, 0.25) is 0 Å². The molecule has 1 aliphatic rings. The zero-order valence-electron chi connectivity index (χ0n) is 7.00. The Morgan fingerprint density at radius 1 is 1.45 bits per heavy atom. The maximum Gasteiger partial charge on any atom is 0.156 e. The summed E-state index contributed by atoms with van der Waals surface area (Å²) in [7, 11) is -2.84. The number of hydrogen-bond donors (Lipinski definition) is 1. The SMILES string of the molecule is CC(C)S(=O)(=O)[C@@H]1CCNC1. The highest BCUT2D eigenvalue weighted by atomic mass is 32.2. The van der Waals surface area contributed by atoms with Crippen molar-refractivity contribution in [2.24, 2.45) is 0 Å². The molecule has 1 fully saturated rings. The van der Waals surface area contributed by atoms with E-state index in [1.54, 1.807) is 13.8 Å². The second kappa shape index (κ2) is 3.11. The Hall–Kier alpha value is -0.0900. The van der Waals surface area contributed by atoms with Crippen molar-refractivity contribution in [1.29, 1.82) is 0 Å². The maximum atomic E-state index is 11.5. The largest absolute Gasteiger partial charge is 0.315 e. The van der Waals surface area contributed by atoms with E-state index in [-0.39, 0.29) is 10.5 Å². The van der Waals surface area contributed by atoms with Crippen LogP contribution >= 0.6 is 0 Å². The van der Waals surface area contributed by atoms with Crippen molar-refractivity contribution in [3.8, 4) is 0 Å². The van der Waals surface area contributed by atoms with Crippen LogP contribution in [0.5, 0.6) is 0 Å². The third-order valence-corrected chi connectivity index (χ3v) is 4.78. The van der Waals surface area contributed by atoms with E-state index in [0.29, 0.717) is 6.54 Å². The van der Waals surface area contributed by atoms with Crippen LogP contribution in [0.3, 0.4) is 0 Å². The lowest BCUT2D eigenvalue weighted by atomic mass is 10.4.